The highest BCUT2D eigenvalue weighted by molar-refractivity contribution is 7.89. The molecule has 0 unspecified atom stereocenters. The summed E-state index contributed by atoms with van der Waals surface area (Å²) in [6.07, 6.45) is 1.60. The van der Waals surface area contributed by atoms with Gasteiger partial charge in [-0.05, 0) is 23.3 Å². The highest BCUT2D eigenvalue weighted by Gasteiger charge is 2.31. The Morgan fingerprint density at radius 3 is 1.73 bits per heavy atom. The number of benzene rings is 3. The summed E-state index contributed by atoms with van der Waals surface area (Å²) in [5.41, 5.74) is 2.49. The van der Waals surface area contributed by atoms with Crippen LogP contribution in [0.25, 0.3) is 0 Å². The van der Waals surface area contributed by atoms with Gasteiger partial charge in [0.05, 0.1) is 10.9 Å². The molecule has 0 saturated carbocycles. The minimum atomic E-state index is -3.56. The smallest absolute Gasteiger partial charge is 0.266 e. The first-order chi connectivity index (χ1) is 19.5. The highest BCUT2D eigenvalue weighted by Crippen LogP contribution is 2.29. The molecule has 2 aliphatic heterocycles. The number of nitrogens with zero attached hydrogens (tertiary/aromatic N) is 5. The maximum atomic E-state index is 13.3. The van der Waals surface area contributed by atoms with E-state index in [0.29, 0.717) is 52.4 Å². The maximum Gasteiger partial charge on any atom is 0.266 e. The maximum absolute atomic E-state index is 13.3. The normalized spacial score (nSPS) is 17.6. The van der Waals surface area contributed by atoms with Crippen molar-refractivity contribution in [3.8, 4) is 6.07 Å². The average molecular weight is 556 g/mol. The number of sulfonamides is 1. The van der Waals surface area contributed by atoms with E-state index in [2.05, 4.69) is 35.2 Å². The topological polar surface area (TPSA) is 88.0 Å². The fourth-order valence-electron chi connectivity index (χ4n) is 5.37. The molecular weight excluding hydrogens is 522 g/mol. The van der Waals surface area contributed by atoms with E-state index in [1.54, 1.807) is 41.4 Å². The zero-order valence-electron chi connectivity index (χ0n) is 22.3. The molecule has 2 aliphatic rings. The quantitative estimate of drug-likeness (QED) is 0.328. The van der Waals surface area contributed by atoms with Gasteiger partial charge >= 0.3 is 0 Å². The first kappa shape index (κ1) is 27.6. The van der Waals surface area contributed by atoms with Crippen molar-refractivity contribution in [2.24, 2.45) is 0 Å². The van der Waals surface area contributed by atoms with Crippen LogP contribution in [0.3, 0.4) is 0 Å². The number of piperazine rings is 2. The largest absolute Gasteiger partial charge is 0.373 e. The molecule has 0 radical (unpaired) electrons. The van der Waals surface area contributed by atoms with Crippen LogP contribution in [-0.2, 0) is 14.8 Å². The lowest BCUT2D eigenvalue weighted by Crippen LogP contribution is -2.50. The lowest BCUT2D eigenvalue weighted by Gasteiger charge is -2.40. The standard InChI is InChI=1S/C31H33N5O3S/c32-24-28(25-33-16-22-36(23-17-33)40(38,39)29-14-8-3-9-15-29)31(37)35-20-18-34(19-21-35)30(26-10-4-1-5-11-26)27-12-6-2-7-13-27/h1-15,25,30H,16-23H2/b28-25-. The molecule has 1 amide bonds. The SMILES string of the molecule is N#C/C(=C/N1CCN(S(=O)(=O)c2ccccc2)CC1)C(=O)N1CCN(C(c2ccccc2)c2ccccc2)CC1. The minimum absolute atomic E-state index is 0.0792. The molecule has 3 aromatic carbocycles. The number of carbonyl (C=O) groups excluding carboxylic acids is 1. The van der Waals surface area contributed by atoms with Crippen molar-refractivity contribution in [2.45, 2.75) is 10.9 Å². The summed E-state index contributed by atoms with van der Waals surface area (Å²) in [7, 11) is -3.56. The molecule has 2 saturated heterocycles. The number of hydrogen-bond acceptors (Lipinski definition) is 6. The molecule has 0 spiro atoms. The fraction of sp³-hybridized carbons (Fsp3) is 0.290. The van der Waals surface area contributed by atoms with Gasteiger partial charge in [0, 0.05) is 58.6 Å². The van der Waals surface area contributed by atoms with Gasteiger partial charge in [-0.1, -0.05) is 78.9 Å². The number of nitriles is 1. The second-order valence-corrected chi connectivity index (χ2v) is 11.9. The van der Waals surface area contributed by atoms with Crippen molar-refractivity contribution >= 4 is 15.9 Å². The number of amides is 1. The Morgan fingerprint density at radius 1 is 0.725 bits per heavy atom. The monoisotopic (exact) mass is 555 g/mol. The summed E-state index contributed by atoms with van der Waals surface area (Å²) in [4.78, 5) is 19.6. The van der Waals surface area contributed by atoms with Gasteiger partial charge in [-0.25, -0.2) is 8.42 Å². The molecule has 0 N–H and O–H groups in total. The summed E-state index contributed by atoms with van der Waals surface area (Å²) in [5.74, 6) is -0.280. The van der Waals surface area contributed by atoms with Crippen LogP contribution in [0.5, 0.6) is 0 Å². The third kappa shape index (κ3) is 6.10. The zero-order chi connectivity index (χ0) is 28.0. The Kier molecular flexibility index (Phi) is 8.60. The second kappa shape index (κ2) is 12.5. The molecule has 3 aromatic rings. The minimum Gasteiger partial charge on any atom is -0.373 e. The van der Waals surface area contributed by atoms with E-state index in [4.69, 9.17) is 0 Å². The molecular formula is C31H33N5O3S. The van der Waals surface area contributed by atoms with Crippen LogP contribution in [0, 0.1) is 11.3 Å². The molecule has 2 fully saturated rings. The van der Waals surface area contributed by atoms with Crippen molar-refractivity contribution in [1.82, 2.24) is 19.0 Å². The lowest BCUT2D eigenvalue weighted by atomic mass is 9.96. The third-order valence-corrected chi connectivity index (χ3v) is 9.43. The first-order valence-corrected chi connectivity index (χ1v) is 15.0. The lowest BCUT2D eigenvalue weighted by molar-refractivity contribution is -0.128. The molecule has 0 aromatic heterocycles. The molecule has 2 heterocycles. The second-order valence-electron chi connectivity index (χ2n) is 9.96. The molecule has 0 atom stereocenters. The van der Waals surface area contributed by atoms with Gasteiger partial charge in [0.15, 0.2) is 0 Å². The van der Waals surface area contributed by atoms with Gasteiger partial charge in [-0.3, -0.25) is 9.69 Å². The highest BCUT2D eigenvalue weighted by atomic mass is 32.2. The Balaban J connectivity index is 1.21. The molecule has 9 heteroatoms. The van der Waals surface area contributed by atoms with Crippen molar-refractivity contribution < 1.29 is 13.2 Å². The van der Waals surface area contributed by atoms with Crippen molar-refractivity contribution in [3.05, 3.63) is 114 Å². The number of rotatable bonds is 7. The predicted octanol–water partition coefficient (Wildman–Crippen LogP) is 3.33. The van der Waals surface area contributed by atoms with Crippen molar-refractivity contribution in [2.75, 3.05) is 52.4 Å². The van der Waals surface area contributed by atoms with Gasteiger partial charge in [-0.15, -0.1) is 0 Å². The summed E-state index contributed by atoms with van der Waals surface area (Å²) < 4.78 is 27.3. The van der Waals surface area contributed by atoms with Gasteiger partial charge in [-0.2, -0.15) is 9.57 Å². The van der Waals surface area contributed by atoms with Crippen molar-refractivity contribution in [1.29, 1.82) is 5.26 Å². The molecule has 0 aliphatic carbocycles. The summed E-state index contributed by atoms with van der Waals surface area (Å²) in [6.45, 7) is 3.83. The molecule has 5 rings (SSSR count). The number of carbonyl (C=O) groups is 1. The molecule has 40 heavy (non-hydrogen) atoms. The molecule has 206 valence electrons. The van der Waals surface area contributed by atoms with Gasteiger partial charge in [0.2, 0.25) is 10.0 Å². The predicted molar refractivity (Wildman–Crippen MR) is 153 cm³/mol. The van der Waals surface area contributed by atoms with E-state index in [1.807, 2.05) is 41.3 Å². The van der Waals surface area contributed by atoms with E-state index in [0.717, 1.165) is 0 Å². The third-order valence-electron chi connectivity index (χ3n) is 7.51. The average Bonchev–Trinajstić information content (AvgIpc) is 3.02. The van der Waals surface area contributed by atoms with Crippen LogP contribution >= 0.6 is 0 Å². The fourth-order valence-corrected chi connectivity index (χ4v) is 6.81. The zero-order valence-corrected chi connectivity index (χ0v) is 23.2. The van der Waals surface area contributed by atoms with Gasteiger partial charge < -0.3 is 9.80 Å². The van der Waals surface area contributed by atoms with Crippen LogP contribution in [-0.4, -0.2) is 85.7 Å². The summed E-state index contributed by atoms with van der Waals surface area (Å²) in [6, 6.07) is 31.3. The van der Waals surface area contributed by atoms with Crippen LogP contribution in [0.4, 0.5) is 0 Å². The van der Waals surface area contributed by atoms with E-state index >= 15 is 0 Å². The van der Waals surface area contributed by atoms with Crippen LogP contribution < -0.4 is 0 Å². The van der Waals surface area contributed by atoms with E-state index in [-0.39, 0.29) is 22.4 Å². The molecule has 0 bridgehead atoms. The Bertz CT molecular complexity index is 1420. The van der Waals surface area contributed by atoms with Crippen LogP contribution in [0.1, 0.15) is 17.2 Å². The Morgan fingerprint density at radius 2 is 1.23 bits per heavy atom. The van der Waals surface area contributed by atoms with Crippen molar-refractivity contribution in [3.63, 3.8) is 0 Å². The van der Waals surface area contributed by atoms with E-state index in [9.17, 15) is 18.5 Å². The molecule has 8 nitrogen and oxygen atoms in total. The first-order valence-electron chi connectivity index (χ1n) is 13.5. The summed E-state index contributed by atoms with van der Waals surface area (Å²) in [5, 5.41) is 9.82. The Hall–Kier alpha value is -3.97. The Labute approximate surface area is 236 Å². The van der Waals surface area contributed by atoms with Gasteiger partial charge in [0.25, 0.3) is 5.91 Å². The number of hydrogen-bond donors (Lipinski definition) is 0. The van der Waals surface area contributed by atoms with Crippen LogP contribution in [0.2, 0.25) is 0 Å². The van der Waals surface area contributed by atoms with E-state index in [1.165, 1.54) is 15.4 Å². The van der Waals surface area contributed by atoms with Crippen LogP contribution in [0.15, 0.2) is 108 Å². The summed E-state index contributed by atoms with van der Waals surface area (Å²) >= 11 is 0. The van der Waals surface area contributed by atoms with Gasteiger partial charge in [0.1, 0.15) is 11.6 Å². The van der Waals surface area contributed by atoms with E-state index < -0.39 is 10.0 Å².